The predicted octanol–water partition coefficient (Wildman–Crippen LogP) is 3.05. The van der Waals surface area contributed by atoms with E-state index in [2.05, 4.69) is 44.5 Å². The van der Waals surface area contributed by atoms with E-state index in [0.29, 0.717) is 17.9 Å². The van der Waals surface area contributed by atoms with Gasteiger partial charge in [-0.1, -0.05) is 36.4 Å². The van der Waals surface area contributed by atoms with E-state index in [-0.39, 0.29) is 5.91 Å². The number of pyridine rings is 2. The van der Waals surface area contributed by atoms with Crippen molar-refractivity contribution in [1.82, 2.24) is 19.8 Å². The predicted molar refractivity (Wildman–Crippen MR) is 113 cm³/mol. The zero-order valence-corrected chi connectivity index (χ0v) is 16.4. The first-order valence-corrected chi connectivity index (χ1v) is 9.93. The van der Waals surface area contributed by atoms with Crippen LogP contribution in [0.1, 0.15) is 21.6 Å². The van der Waals surface area contributed by atoms with Crippen LogP contribution in [-0.2, 0) is 13.1 Å². The topological polar surface area (TPSA) is 61.4 Å². The summed E-state index contributed by atoms with van der Waals surface area (Å²) in [4.78, 5) is 25.9. The largest absolute Gasteiger partial charge is 0.364 e. The molecule has 0 bridgehead atoms. The fourth-order valence-electron chi connectivity index (χ4n) is 3.48. The van der Waals surface area contributed by atoms with Crippen LogP contribution in [0.5, 0.6) is 0 Å². The number of piperazine rings is 1. The maximum atomic E-state index is 12.9. The molecular formula is C23H25N5O. The van der Waals surface area contributed by atoms with Gasteiger partial charge in [-0.2, -0.15) is 0 Å². The number of rotatable bonds is 6. The lowest BCUT2D eigenvalue weighted by Gasteiger charge is -2.34. The molecule has 6 nitrogen and oxygen atoms in total. The summed E-state index contributed by atoms with van der Waals surface area (Å²) in [5, 5.41) is 3.24. The van der Waals surface area contributed by atoms with Gasteiger partial charge in [0.1, 0.15) is 5.82 Å². The Morgan fingerprint density at radius 1 is 0.897 bits per heavy atom. The van der Waals surface area contributed by atoms with Crippen molar-refractivity contribution in [2.75, 3.05) is 31.5 Å². The Morgan fingerprint density at radius 2 is 1.69 bits per heavy atom. The van der Waals surface area contributed by atoms with E-state index in [1.807, 2.05) is 35.2 Å². The molecule has 148 valence electrons. The molecule has 0 aliphatic carbocycles. The van der Waals surface area contributed by atoms with Gasteiger partial charge < -0.3 is 10.2 Å². The third-order valence-electron chi connectivity index (χ3n) is 5.09. The highest BCUT2D eigenvalue weighted by molar-refractivity contribution is 5.94. The van der Waals surface area contributed by atoms with Crippen molar-refractivity contribution >= 4 is 11.7 Å². The molecule has 0 atom stereocenters. The summed E-state index contributed by atoms with van der Waals surface area (Å²) >= 11 is 0. The smallest absolute Gasteiger partial charge is 0.254 e. The third-order valence-corrected chi connectivity index (χ3v) is 5.09. The van der Waals surface area contributed by atoms with Crippen molar-refractivity contribution in [3.8, 4) is 0 Å². The Balaban J connectivity index is 1.31. The van der Waals surface area contributed by atoms with Crippen LogP contribution in [0.15, 0.2) is 73.1 Å². The molecule has 4 rings (SSSR count). The number of hydrogen-bond acceptors (Lipinski definition) is 5. The molecule has 29 heavy (non-hydrogen) atoms. The fraction of sp³-hybridized carbons (Fsp3) is 0.261. The van der Waals surface area contributed by atoms with E-state index in [1.165, 1.54) is 5.56 Å². The number of carbonyl (C=O) groups excluding carboxylic acids is 1. The molecule has 0 radical (unpaired) electrons. The summed E-state index contributed by atoms with van der Waals surface area (Å²) in [7, 11) is 0. The molecule has 6 heteroatoms. The number of aromatic nitrogens is 2. The van der Waals surface area contributed by atoms with E-state index in [0.717, 1.165) is 38.4 Å². The number of carbonyl (C=O) groups is 1. The number of nitrogens with zero attached hydrogens (tertiary/aromatic N) is 4. The summed E-state index contributed by atoms with van der Waals surface area (Å²) in [5.74, 6) is 0.747. The van der Waals surface area contributed by atoms with Gasteiger partial charge in [-0.25, -0.2) is 4.98 Å². The SMILES string of the molecule is O=C(c1ccnc(NCc2ccccn2)c1)N1CCN(Cc2ccccc2)CC1. The van der Waals surface area contributed by atoms with Gasteiger partial charge in [-0.05, 0) is 29.8 Å². The molecule has 2 aromatic heterocycles. The highest BCUT2D eigenvalue weighted by atomic mass is 16.2. The molecule has 1 aliphatic heterocycles. The molecule has 3 heterocycles. The number of anilines is 1. The Hall–Kier alpha value is -3.25. The molecular weight excluding hydrogens is 362 g/mol. The van der Waals surface area contributed by atoms with Gasteiger partial charge in [0.25, 0.3) is 5.91 Å². The van der Waals surface area contributed by atoms with Gasteiger partial charge in [0, 0.05) is 50.7 Å². The second kappa shape index (κ2) is 9.30. The van der Waals surface area contributed by atoms with Crippen LogP contribution in [-0.4, -0.2) is 51.9 Å². The lowest BCUT2D eigenvalue weighted by atomic mass is 10.1. The number of benzene rings is 1. The minimum absolute atomic E-state index is 0.0626. The van der Waals surface area contributed by atoms with E-state index in [9.17, 15) is 4.79 Å². The number of amides is 1. The van der Waals surface area contributed by atoms with Crippen LogP contribution in [0.3, 0.4) is 0 Å². The van der Waals surface area contributed by atoms with E-state index in [1.54, 1.807) is 18.5 Å². The minimum atomic E-state index is 0.0626. The molecule has 0 unspecified atom stereocenters. The number of hydrogen-bond donors (Lipinski definition) is 1. The first-order valence-electron chi connectivity index (χ1n) is 9.93. The quantitative estimate of drug-likeness (QED) is 0.704. The molecule has 1 amide bonds. The van der Waals surface area contributed by atoms with E-state index < -0.39 is 0 Å². The highest BCUT2D eigenvalue weighted by Crippen LogP contribution is 2.14. The van der Waals surface area contributed by atoms with Gasteiger partial charge in [0.05, 0.1) is 12.2 Å². The van der Waals surface area contributed by atoms with Crippen molar-refractivity contribution in [2.45, 2.75) is 13.1 Å². The van der Waals surface area contributed by atoms with Crippen molar-refractivity contribution in [1.29, 1.82) is 0 Å². The van der Waals surface area contributed by atoms with Gasteiger partial charge in [-0.15, -0.1) is 0 Å². The van der Waals surface area contributed by atoms with Gasteiger partial charge in [-0.3, -0.25) is 14.7 Å². The normalized spacial score (nSPS) is 14.6. The summed E-state index contributed by atoms with van der Waals surface area (Å²) in [6, 6.07) is 19.9. The molecule has 1 aromatic carbocycles. The lowest BCUT2D eigenvalue weighted by Crippen LogP contribution is -2.48. The summed E-state index contributed by atoms with van der Waals surface area (Å²) < 4.78 is 0. The van der Waals surface area contributed by atoms with Gasteiger partial charge in [0.2, 0.25) is 0 Å². The second-order valence-corrected chi connectivity index (χ2v) is 7.16. The standard InChI is InChI=1S/C23H25N5O/c29-23(28-14-12-27(13-15-28)18-19-6-2-1-3-7-19)20-9-11-25-22(16-20)26-17-21-8-4-5-10-24-21/h1-11,16H,12-15,17-18H2,(H,25,26). The second-order valence-electron chi connectivity index (χ2n) is 7.16. The number of nitrogens with one attached hydrogen (secondary N) is 1. The van der Waals surface area contributed by atoms with E-state index >= 15 is 0 Å². The minimum Gasteiger partial charge on any atom is -0.364 e. The zero-order valence-electron chi connectivity index (χ0n) is 16.4. The monoisotopic (exact) mass is 387 g/mol. The van der Waals surface area contributed by atoms with E-state index in [4.69, 9.17) is 0 Å². The summed E-state index contributed by atoms with van der Waals surface area (Å²) in [6.45, 7) is 4.76. The van der Waals surface area contributed by atoms with Crippen LogP contribution in [0, 0.1) is 0 Å². The Bertz CT molecular complexity index is 924. The highest BCUT2D eigenvalue weighted by Gasteiger charge is 2.22. The maximum Gasteiger partial charge on any atom is 0.254 e. The lowest BCUT2D eigenvalue weighted by molar-refractivity contribution is 0.0628. The average Bonchev–Trinajstić information content (AvgIpc) is 2.79. The summed E-state index contributed by atoms with van der Waals surface area (Å²) in [6.07, 6.45) is 3.45. The molecule has 1 saturated heterocycles. The molecule has 3 aromatic rings. The van der Waals surface area contributed by atoms with Crippen LogP contribution >= 0.6 is 0 Å². The van der Waals surface area contributed by atoms with Crippen molar-refractivity contribution in [3.63, 3.8) is 0 Å². The average molecular weight is 387 g/mol. The fourth-order valence-corrected chi connectivity index (χ4v) is 3.48. The van der Waals surface area contributed by atoms with Crippen LogP contribution in [0.2, 0.25) is 0 Å². The maximum absolute atomic E-state index is 12.9. The first kappa shape index (κ1) is 19.1. The molecule has 0 spiro atoms. The Kier molecular flexibility index (Phi) is 6.12. The molecule has 1 aliphatic rings. The van der Waals surface area contributed by atoms with Gasteiger partial charge >= 0.3 is 0 Å². The van der Waals surface area contributed by atoms with Crippen molar-refractivity contribution in [3.05, 3.63) is 89.9 Å². The Labute approximate surface area is 171 Å². The molecule has 1 fully saturated rings. The molecule has 1 N–H and O–H groups in total. The zero-order chi connectivity index (χ0) is 19.9. The third kappa shape index (κ3) is 5.18. The van der Waals surface area contributed by atoms with Crippen LogP contribution in [0.25, 0.3) is 0 Å². The first-order chi connectivity index (χ1) is 14.3. The van der Waals surface area contributed by atoms with Crippen molar-refractivity contribution < 1.29 is 4.79 Å². The van der Waals surface area contributed by atoms with Crippen LogP contribution in [0.4, 0.5) is 5.82 Å². The Morgan fingerprint density at radius 3 is 2.45 bits per heavy atom. The summed E-state index contributed by atoms with van der Waals surface area (Å²) in [5.41, 5.74) is 2.91. The van der Waals surface area contributed by atoms with Gasteiger partial charge in [0.15, 0.2) is 0 Å². The van der Waals surface area contributed by atoms with Crippen molar-refractivity contribution in [2.24, 2.45) is 0 Å². The van der Waals surface area contributed by atoms with Crippen LogP contribution < -0.4 is 5.32 Å². The molecule has 0 saturated carbocycles.